The Labute approximate surface area is 107 Å². The minimum absolute atomic E-state index is 0.140. The summed E-state index contributed by atoms with van der Waals surface area (Å²) in [6.07, 6.45) is 0. The minimum Gasteiger partial charge on any atom is -0.392 e. The highest BCUT2D eigenvalue weighted by Gasteiger charge is 1.92. The van der Waals surface area contributed by atoms with Gasteiger partial charge in [-0.05, 0) is 11.1 Å². The lowest BCUT2D eigenvalue weighted by Crippen LogP contribution is -1.77. The fourth-order valence-corrected chi connectivity index (χ4v) is 1.29. The van der Waals surface area contributed by atoms with Crippen LogP contribution in [0.2, 0.25) is 0 Å². The Morgan fingerprint density at radius 2 is 1.50 bits per heavy atom. The number of allylic oxidation sites excluding steroid dienone is 1. The van der Waals surface area contributed by atoms with Gasteiger partial charge < -0.3 is 5.11 Å². The second-order valence-electron chi connectivity index (χ2n) is 3.60. The van der Waals surface area contributed by atoms with E-state index in [0.717, 1.165) is 11.1 Å². The average Bonchev–Trinajstić information content (AvgIpc) is 2.49. The Morgan fingerprint density at radius 1 is 1.00 bits per heavy atom. The van der Waals surface area contributed by atoms with Crippen molar-refractivity contribution in [2.24, 2.45) is 0 Å². The molecule has 0 spiro atoms. The van der Waals surface area contributed by atoms with E-state index in [1.165, 1.54) is 0 Å². The molecule has 0 saturated heterocycles. The van der Waals surface area contributed by atoms with E-state index >= 15 is 0 Å². The van der Waals surface area contributed by atoms with E-state index in [4.69, 9.17) is 10.4 Å². The molecule has 0 aliphatic rings. The van der Waals surface area contributed by atoms with Crippen molar-refractivity contribution in [3.63, 3.8) is 0 Å². The van der Waals surface area contributed by atoms with Gasteiger partial charge in [0.25, 0.3) is 0 Å². The molecule has 0 aliphatic carbocycles. The predicted molar refractivity (Wildman–Crippen MR) is 73.5 cm³/mol. The summed E-state index contributed by atoms with van der Waals surface area (Å²) in [7, 11) is 0. The maximum absolute atomic E-state index is 8.54. The SMILES string of the molecule is C=C(C#N)c1ccccc1.OCc1ccccc1. The van der Waals surface area contributed by atoms with Gasteiger partial charge in [-0.3, -0.25) is 0 Å². The van der Waals surface area contributed by atoms with Gasteiger partial charge in [-0.15, -0.1) is 0 Å². The van der Waals surface area contributed by atoms with Crippen LogP contribution in [0.5, 0.6) is 0 Å². The Balaban J connectivity index is 0.000000184. The summed E-state index contributed by atoms with van der Waals surface area (Å²) in [5.41, 5.74) is 2.37. The number of aliphatic hydroxyl groups is 1. The molecule has 2 rings (SSSR count). The van der Waals surface area contributed by atoms with Gasteiger partial charge in [0.1, 0.15) is 0 Å². The summed E-state index contributed by atoms with van der Waals surface area (Å²) in [5.74, 6) is 0. The number of nitrogens with zero attached hydrogens (tertiary/aromatic N) is 1. The number of benzene rings is 2. The highest BCUT2D eigenvalue weighted by molar-refractivity contribution is 5.74. The summed E-state index contributed by atoms with van der Waals surface area (Å²) < 4.78 is 0. The zero-order valence-electron chi connectivity index (χ0n) is 10.1. The standard InChI is InChI=1S/C9H7N.C7H8O/c1-8(7-10)9-5-3-2-4-6-9;8-6-7-4-2-1-3-5-7/h2-6H,1H2;1-5,8H,6H2. The Bertz CT molecular complexity index is 512. The fraction of sp³-hybridized carbons (Fsp3) is 0.0625. The third kappa shape index (κ3) is 4.65. The molecule has 0 bridgehead atoms. The molecule has 0 unspecified atom stereocenters. The molecule has 2 nitrogen and oxygen atoms in total. The van der Waals surface area contributed by atoms with Crippen LogP contribution in [0.1, 0.15) is 11.1 Å². The van der Waals surface area contributed by atoms with Crippen LogP contribution >= 0.6 is 0 Å². The fourth-order valence-electron chi connectivity index (χ4n) is 1.29. The van der Waals surface area contributed by atoms with Gasteiger partial charge in [0, 0.05) is 0 Å². The molecule has 2 aromatic rings. The molecular formula is C16H15NO. The lowest BCUT2D eigenvalue weighted by molar-refractivity contribution is 0.282. The molecule has 0 atom stereocenters. The molecule has 0 heterocycles. The van der Waals surface area contributed by atoms with E-state index in [2.05, 4.69) is 6.58 Å². The van der Waals surface area contributed by atoms with Crippen molar-refractivity contribution in [2.75, 3.05) is 0 Å². The van der Waals surface area contributed by atoms with Crippen LogP contribution in [-0.2, 0) is 6.61 Å². The van der Waals surface area contributed by atoms with Crippen molar-refractivity contribution >= 4 is 5.57 Å². The molecule has 0 aromatic heterocycles. The smallest absolute Gasteiger partial charge is 0.0991 e. The Kier molecular flexibility index (Phi) is 5.96. The van der Waals surface area contributed by atoms with Crippen LogP contribution in [-0.4, -0.2) is 5.11 Å². The molecule has 0 fully saturated rings. The molecule has 0 amide bonds. The number of hydrogen-bond donors (Lipinski definition) is 1. The van der Waals surface area contributed by atoms with Gasteiger partial charge >= 0.3 is 0 Å². The van der Waals surface area contributed by atoms with Gasteiger partial charge in [0.2, 0.25) is 0 Å². The molecule has 2 aromatic carbocycles. The van der Waals surface area contributed by atoms with Crippen molar-refractivity contribution in [1.82, 2.24) is 0 Å². The lowest BCUT2D eigenvalue weighted by Gasteiger charge is -1.92. The number of hydrogen-bond acceptors (Lipinski definition) is 2. The van der Waals surface area contributed by atoms with E-state index in [9.17, 15) is 0 Å². The summed E-state index contributed by atoms with van der Waals surface area (Å²) in [4.78, 5) is 0. The van der Waals surface area contributed by atoms with Crippen LogP contribution in [0.25, 0.3) is 5.57 Å². The highest BCUT2D eigenvalue weighted by Crippen LogP contribution is 2.08. The first kappa shape index (κ1) is 13.7. The second kappa shape index (κ2) is 7.83. The predicted octanol–water partition coefficient (Wildman–Crippen LogP) is 3.40. The van der Waals surface area contributed by atoms with Crippen molar-refractivity contribution in [3.05, 3.63) is 78.4 Å². The molecule has 0 aliphatic heterocycles. The summed E-state index contributed by atoms with van der Waals surface area (Å²) in [5, 5.41) is 17.0. The quantitative estimate of drug-likeness (QED) is 0.813. The van der Waals surface area contributed by atoms with Crippen LogP contribution in [0.15, 0.2) is 67.2 Å². The first-order chi connectivity index (χ1) is 8.77. The molecule has 18 heavy (non-hydrogen) atoms. The third-order valence-corrected chi connectivity index (χ3v) is 2.28. The summed E-state index contributed by atoms with van der Waals surface area (Å²) in [6, 6.07) is 20.9. The van der Waals surface area contributed by atoms with Crippen LogP contribution in [0.4, 0.5) is 0 Å². The van der Waals surface area contributed by atoms with Crippen LogP contribution in [0.3, 0.4) is 0 Å². The summed E-state index contributed by atoms with van der Waals surface area (Å²) in [6.45, 7) is 3.72. The van der Waals surface area contributed by atoms with Crippen LogP contribution < -0.4 is 0 Å². The molecular weight excluding hydrogens is 222 g/mol. The van der Waals surface area contributed by atoms with Gasteiger partial charge in [-0.1, -0.05) is 67.2 Å². The van der Waals surface area contributed by atoms with Crippen LogP contribution in [0, 0.1) is 11.3 Å². The summed E-state index contributed by atoms with van der Waals surface area (Å²) >= 11 is 0. The molecule has 1 N–H and O–H groups in total. The number of aliphatic hydroxyl groups excluding tert-OH is 1. The lowest BCUT2D eigenvalue weighted by atomic mass is 10.1. The topological polar surface area (TPSA) is 44.0 Å². The second-order valence-corrected chi connectivity index (χ2v) is 3.60. The van der Waals surface area contributed by atoms with E-state index in [-0.39, 0.29) is 6.61 Å². The van der Waals surface area contributed by atoms with Crippen molar-refractivity contribution < 1.29 is 5.11 Å². The molecule has 2 heteroatoms. The number of rotatable bonds is 2. The van der Waals surface area contributed by atoms with Crippen molar-refractivity contribution in [3.8, 4) is 6.07 Å². The minimum atomic E-state index is 0.140. The van der Waals surface area contributed by atoms with E-state index in [0.29, 0.717) is 5.57 Å². The molecule has 0 radical (unpaired) electrons. The zero-order valence-corrected chi connectivity index (χ0v) is 10.1. The van der Waals surface area contributed by atoms with Gasteiger partial charge in [-0.2, -0.15) is 5.26 Å². The molecule has 0 saturated carbocycles. The normalized spacial score (nSPS) is 8.67. The third-order valence-electron chi connectivity index (χ3n) is 2.28. The Hall–Kier alpha value is -2.37. The van der Waals surface area contributed by atoms with E-state index < -0.39 is 0 Å². The van der Waals surface area contributed by atoms with Crippen molar-refractivity contribution in [1.29, 1.82) is 5.26 Å². The first-order valence-corrected chi connectivity index (χ1v) is 5.57. The maximum atomic E-state index is 8.54. The van der Waals surface area contributed by atoms with Gasteiger partial charge in [0.05, 0.1) is 18.2 Å². The Morgan fingerprint density at radius 3 is 1.89 bits per heavy atom. The monoisotopic (exact) mass is 237 g/mol. The van der Waals surface area contributed by atoms with E-state index in [1.54, 1.807) is 0 Å². The van der Waals surface area contributed by atoms with Gasteiger partial charge in [0.15, 0.2) is 0 Å². The number of nitriles is 1. The first-order valence-electron chi connectivity index (χ1n) is 5.57. The van der Waals surface area contributed by atoms with Crippen molar-refractivity contribution in [2.45, 2.75) is 6.61 Å². The highest BCUT2D eigenvalue weighted by atomic mass is 16.3. The maximum Gasteiger partial charge on any atom is 0.0991 e. The van der Waals surface area contributed by atoms with E-state index in [1.807, 2.05) is 66.7 Å². The largest absolute Gasteiger partial charge is 0.392 e. The molecule has 90 valence electrons. The zero-order chi connectivity index (χ0) is 13.2. The average molecular weight is 237 g/mol. The van der Waals surface area contributed by atoms with Gasteiger partial charge in [-0.25, -0.2) is 0 Å².